The first kappa shape index (κ1) is 13.9. The molecule has 4 nitrogen and oxygen atoms in total. The van der Waals surface area contributed by atoms with Crippen molar-refractivity contribution in [3.05, 3.63) is 29.8 Å². The fraction of sp³-hybridized carbons (Fsp3) is 0.533. The molecule has 0 saturated carbocycles. The van der Waals surface area contributed by atoms with E-state index < -0.39 is 0 Å². The van der Waals surface area contributed by atoms with E-state index in [1.807, 2.05) is 31.2 Å². The zero-order chi connectivity index (χ0) is 13.7. The number of benzene rings is 1. The lowest BCUT2D eigenvalue weighted by Crippen LogP contribution is -2.29. The molecule has 0 radical (unpaired) electrons. The summed E-state index contributed by atoms with van der Waals surface area (Å²) in [5, 5.41) is 6.33. The number of hydrogen-bond acceptors (Lipinski definition) is 3. The topological polar surface area (TPSA) is 50.4 Å². The molecule has 0 aromatic heterocycles. The molecule has 2 rings (SSSR count). The average Bonchev–Trinajstić information content (AvgIpc) is 2.91. The smallest absolute Gasteiger partial charge is 0.220 e. The van der Waals surface area contributed by atoms with Gasteiger partial charge < -0.3 is 15.4 Å². The van der Waals surface area contributed by atoms with E-state index >= 15 is 0 Å². The van der Waals surface area contributed by atoms with Gasteiger partial charge in [0, 0.05) is 12.0 Å². The van der Waals surface area contributed by atoms with Crippen LogP contribution in [-0.2, 0) is 4.79 Å². The maximum Gasteiger partial charge on any atom is 0.220 e. The lowest BCUT2D eigenvalue weighted by molar-refractivity contribution is -0.122. The third-order valence-electron chi connectivity index (χ3n) is 3.62. The molecule has 0 aliphatic carbocycles. The van der Waals surface area contributed by atoms with Gasteiger partial charge in [0.15, 0.2) is 0 Å². The standard InChI is InChI=1S/C15H22N2O2/c1-11(13-5-3-4-6-14(13)19-2)17-15(18)9-12-7-8-16-10-12/h3-6,11-12,16H,7-10H2,1-2H3,(H,17,18)/t11-,12?/m1/s1. The van der Waals surface area contributed by atoms with E-state index in [9.17, 15) is 4.79 Å². The Balaban J connectivity index is 1.92. The molecular weight excluding hydrogens is 240 g/mol. The fourth-order valence-corrected chi connectivity index (χ4v) is 2.55. The Morgan fingerprint density at radius 2 is 2.32 bits per heavy atom. The van der Waals surface area contributed by atoms with Crippen LogP contribution in [0.3, 0.4) is 0 Å². The predicted octanol–water partition coefficient (Wildman–Crippen LogP) is 1.87. The zero-order valence-corrected chi connectivity index (χ0v) is 11.6. The van der Waals surface area contributed by atoms with Gasteiger partial charge in [-0.25, -0.2) is 0 Å². The monoisotopic (exact) mass is 262 g/mol. The molecule has 1 aliphatic rings. The van der Waals surface area contributed by atoms with E-state index in [1.54, 1.807) is 7.11 Å². The minimum atomic E-state index is -0.0296. The second-order valence-corrected chi connectivity index (χ2v) is 5.09. The largest absolute Gasteiger partial charge is 0.496 e. The van der Waals surface area contributed by atoms with E-state index in [1.165, 1.54) is 0 Å². The van der Waals surface area contributed by atoms with Gasteiger partial charge in [0.25, 0.3) is 0 Å². The normalized spacial score (nSPS) is 20.0. The number of para-hydroxylation sites is 1. The molecule has 1 fully saturated rings. The summed E-state index contributed by atoms with van der Waals surface area (Å²) in [6.45, 7) is 3.97. The number of amides is 1. The highest BCUT2D eigenvalue weighted by Crippen LogP contribution is 2.24. The van der Waals surface area contributed by atoms with Gasteiger partial charge in [0.2, 0.25) is 5.91 Å². The highest BCUT2D eigenvalue weighted by molar-refractivity contribution is 5.76. The van der Waals surface area contributed by atoms with Crippen LogP contribution in [0.4, 0.5) is 0 Å². The summed E-state index contributed by atoms with van der Waals surface area (Å²) in [7, 11) is 1.65. The van der Waals surface area contributed by atoms with Crippen LogP contribution in [0, 0.1) is 5.92 Å². The van der Waals surface area contributed by atoms with E-state index in [4.69, 9.17) is 4.74 Å². The van der Waals surface area contributed by atoms with Gasteiger partial charge in [-0.2, -0.15) is 0 Å². The molecule has 0 bridgehead atoms. The summed E-state index contributed by atoms with van der Waals surface area (Å²) < 4.78 is 5.32. The Morgan fingerprint density at radius 3 is 3.00 bits per heavy atom. The number of nitrogens with one attached hydrogen (secondary N) is 2. The van der Waals surface area contributed by atoms with Crippen molar-refractivity contribution in [3.8, 4) is 5.75 Å². The zero-order valence-electron chi connectivity index (χ0n) is 11.6. The van der Waals surface area contributed by atoms with Crippen molar-refractivity contribution >= 4 is 5.91 Å². The van der Waals surface area contributed by atoms with Crippen LogP contribution in [0.15, 0.2) is 24.3 Å². The van der Waals surface area contributed by atoms with Crippen molar-refractivity contribution in [3.63, 3.8) is 0 Å². The summed E-state index contributed by atoms with van der Waals surface area (Å²) >= 11 is 0. The molecule has 1 amide bonds. The molecule has 19 heavy (non-hydrogen) atoms. The van der Waals surface area contributed by atoms with Crippen molar-refractivity contribution < 1.29 is 9.53 Å². The van der Waals surface area contributed by atoms with E-state index in [-0.39, 0.29) is 11.9 Å². The molecule has 104 valence electrons. The third-order valence-corrected chi connectivity index (χ3v) is 3.62. The number of carbonyl (C=O) groups excluding carboxylic acids is 1. The van der Waals surface area contributed by atoms with Gasteiger partial charge in [-0.15, -0.1) is 0 Å². The van der Waals surface area contributed by atoms with Crippen LogP contribution in [0.1, 0.15) is 31.4 Å². The molecule has 2 atom stereocenters. The number of ether oxygens (including phenoxy) is 1. The minimum absolute atomic E-state index is 0.0296. The number of rotatable bonds is 5. The number of hydrogen-bond donors (Lipinski definition) is 2. The Bertz CT molecular complexity index is 428. The Hall–Kier alpha value is -1.55. The number of carbonyl (C=O) groups is 1. The van der Waals surface area contributed by atoms with E-state index in [2.05, 4.69) is 10.6 Å². The summed E-state index contributed by atoms with van der Waals surface area (Å²) in [6, 6.07) is 7.76. The van der Waals surface area contributed by atoms with Gasteiger partial charge in [-0.3, -0.25) is 4.79 Å². The van der Waals surface area contributed by atoms with Crippen LogP contribution in [0.5, 0.6) is 5.75 Å². The lowest BCUT2D eigenvalue weighted by atomic mass is 10.0. The van der Waals surface area contributed by atoms with E-state index in [0.29, 0.717) is 12.3 Å². The van der Waals surface area contributed by atoms with Crippen LogP contribution in [0.2, 0.25) is 0 Å². The molecule has 1 aromatic carbocycles. The minimum Gasteiger partial charge on any atom is -0.496 e. The highest BCUT2D eigenvalue weighted by atomic mass is 16.5. The van der Waals surface area contributed by atoms with Crippen LogP contribution in [0.25, 0.3) is 0 Å². The molecule has 0 spiro atoms. The van der Waals surface area contributed by atoms with Crippen LogP contribution >= 0.6 is 0 Å². The van der Waals surface area contributed by atoms with Gasteiger partial charge in [0.1, 0.15) is 5.75 Å². The molecule has 1 aromatic rings. The molecule has 1 unspecified atom stereocenters. The van der Waals surface area contributed by atoms with Gasteiger partial charge >= 0.3 is 0 Å². The highest BCUT2D eigenvalue weighted by Gasteiger charge is 2.20. The summed E-state index contributed by atoms with van der Waals surface area (Å²) in [6.07, 6.45) is 1.70. The molecular formula is C15H22N2O2. The second-order valence-electron chi connectivity index (χ2n) is 5.09. The predicted molar refractivity (Wildman–Crippen MR) is 75.1 cm³/mol. The SMILES string of the molecule is COc1ccccc1[C@@H](C)NC(=O)CC1CCNC1. The summed E-state index contributed by atoms with van der Waals surface area (Å²) in [5.74, 6) is 1.41. The summed E-state index contributed by atoms with van der Waals surface area (Å²) in [4.78, 5) is 12.0. The van der Waals surface area contributed by atoms with Gasteiger partial charge in [0.05, 0.1) is 13.2 Å². The third kappa shape index (κ3) is 3.70. The first-order valence-corrected chi connectivity index (χ1v) is 6.83. The first-order chi connectivity index (χ1) is 9.20. The van der Waals surface area contributed by atoms with Crippen molar-refractivity contribution in [2.45, 2.75) is 25.8 Å². The molecule has 1 aliphatic heterocycles. The lowest BCUT2D eigenvalue weighted by Gasteiger charge is -2.18. The fourth-order valence-electron chi connectivity index (χ4n) is 2.55. The Labute approximate surface area is 114 Å². The quantitative estimate of drug-likeness (QED) is 0.851. The maximum absolute atomic E-state index is 12.0. The van der Waals surface area contributed by atoms with Crippen LogP contribution < -0.4 is 15.4 Å². The van der Waals surface area contributed by atoms with E-state index in [0.717, 1.165) is 30.8 Å². The van der Waals surface area contributed by atoms with Crippen molar-refractivity contribution in [1.82, 2.24) is 10.6 Å². The van der Waals surface area contributed by atoms with Crippen molar-refractivity contribution in [2.24, 2.45) is 5.92 Å². The maximum atomic E-state index is 12.0. The average molecular weight is 262 g/mol. The molecule has 1 heterocycles. The van der Waals surface area contributed by atoms with Gasteiger partial charge in [-0.1, -0.05) is 18.2 Å². The Morgan fingerprint density at radius 1 is 1.53 bits per heavy atom. The second kappa shape index (κ2) is 6.57. The summed E-state index contributed by atoms with van der Waals surface area (Å²) in [5.41, 5.74) is 1.02. The van der Waals surface area contributed by atoms with Crippen LogP contribution in [-0.4, -0.2) is 26.1 Å². The van der Waals surface area contributed by atoms with Crippen molar-refractivity contribution in [1.29, 1.82) is 0 Å². The first-order valence-electron chi connectivity index (χ1n) is 6.83. The Kier molecular flexibility index (Phi) is 4.80. The molecule has 1 saturated heterocycles. The van der Waals surface area contributed by atoms with Gasteiger partial charge in [-0.05, 0) is 38.4 Å². The number of methoxy groups -OCH3 is 1. The van der Waals surface area contributed by atoms with Crippen molar-refractivity contribution in [2.75, 3.05) is 20.2 Å². The molecule has 4 heteroatoms. The molecule has 2 N–H and O–H groups in total.